The van der Waals surface area contributed by atoms with E-state index in [1.165, 1.54) is 27.2 Å². The second kappa shape index (κ2) is 16.9. The van der Waals surface area contributed by atoms with E-state index >= 15 is 0 Å². The van der Waals surface area contributed by atoms with Crippen molar-refractivity contribution in [1.82, 2.24) is 19.5 Å². The van der Waals surface area contributed by atoms with Crippen molar-refractivity contribution in [3.8, 4) is 84.2 Å². The highest BCUT2D eigenvalue weighted by molar-refractivity contribution is 6.30. The van der Waals surface area contributed by atoms with Gasteiger partial charge in [-0.15, -0.1) is 0 Å². The molecular weight excluding hydrogens is 837 g/mol. The molecule has 0 aliphatic carbocycles. The van der Waals surface area contributed by atoms with Crippen LogP contribution in [0.2, 0.25) is 0 Å². The highest BCUT2D eigenvalue weighted by Gasteiger charge is 2.21. The van der Waals surface area contributed by atoms with E-state index in [1.54, 1.807) is 0 Å². The number of hydrogen-bond donors (Lipinski definition) is 0. The summed E-state index contributed by atoms with van der Waals surface area (Å²) in [5.74, 6) is 0. The summed E-state index contributed by atoms with van der Waals surface area (Å²) in [7, 11) is 0. The van der Waals surface area contributed by atoms with Crippen LogP contribution >= 0.6 is 0 Å². The van der Waals surface area contributed by atoms with Crippen molar-refractivity contribution in [2.45, 2.75) is 0 Å². The van der Waals surface area contributed by atoms with Crippen LogP contribution in [0.25, 0.3) is 128 Å². The second-order valence-electron chi connectivity index (χ2n) is 17.5. The van der Waals surface area contributed by atoms with Gasteiger partial charge in [0, 0.05) is 66.0 Å². The first-order valence-corrected chi connectivity index (χ1v) is 23.4. The van der Waals surface area contributed by atoms with Gasteiger partial charge in [0.1, 0.15) is 0 Å². The SMILES string of the molecule is c1ccc(-c2cccc(-c3cc(-c4ccc(-c5cccc6c5nc(-c5ccccc5)c5ccc7c(c8ccccc8n7-c7ccccc7)c56)cc4)cc(-c4cccc(-c5ccccc5)n4)c3)n2)cc1. The Balaban J connectivity index is 0.983. The normalized spacial score (nSPS) is 11.5. The predicted octanol–water partition coefficient (Wildman–Crippen LogP) is 16.9. The largest absolute Gasteiger partial charge is 0.309 e. The number of pyridine rings is 3. The van der Waals surface area contributed by atoms with E-state index in [2.05, 4.69) is 247 Å². The number of fused-ring (bicyclic) bond motifs is 7. The minimum atomic E-state index is 0.902. The molecule has 322 valence electrons. The molecule has 4 heterocycles. The van der Waals surface area contributed by atoms with E-state index < -0.39 is 0 Å². The summed E-state index contributed by atoms with van der Waals surface area (Å²) in [6.45, 7) is 0. The molecule has 0 unspecified atom stereocenters. The van der Waals surface area contributed by atoms with Crippen molar-refractivity contribution in [3.05, 3.63) is 255 Å². The smallest absolute Gasteiger partial charge is 0.0794 e. The van der Waals surface area contributed by atoms with Crippen LogP contribution in [0.5, 0.6) is 0 Å². The zero-order valence-corrected chi connectivity index (χ0v) is 37.5. The van der Waals surface area contributed by atoms with Crippen LogP contribution in [0.4, 0.5) is 0 Å². The summed E-state index contributed by atoms with van der Waals surface area (Å²) in [5, 5.41) is 5.91. The second-order valence-corrected chi connectivity index (χ2v) is 17.5. The molecule has 0 amide bonds. The maximum Gasteiger partial charge on any atom is 0.0794 e. The number of hydrogen-bond acceptors (Lipinski definition) is 3. The zero-order valence-electron chi connectivity index (χ0n) is 37.5. The molecule has 9 aromatic carbocycles. The van der Waals surface area contributed by atoms with Crippen molar-refractivity contribution in [2.75, 3.05) is 0 Å². The van der Waals surface area contributed by atoms with Crippen LogP contribution < -0.4 is 0 Å². The summed E-state index contributed by atoms with van der Waals surface area (Å²) < 4.78 is 2.40. The average molecular weight is 879 g/mol. The topological polar surface area (TPSA) is 43.6 Å². The summed E-state index contributed by atoms with van der Waals surface area (Å²) in [6.07, 6.45) is 0. The van der Waals surface area contributed by atoms with Crippen molar-refractivity contribution in [2.24, 2.45) is 0 Å². The van der Waals surface area contributed by atoms with Crippen LogP contribution in [-0.2, 0) is 0 Å². The third-order valence-electron chi connectivity index (χ3n) is 13.4. The van der Waals surface area contributed by atoms with Crippen LogP contribution in [0.15, 0.2) is 255 Å². The van der Waals surface area contributed by atoms with Gasteiger partial charge in [0.2, 0.25) is 0 Å². The van der Waals surface area contributed by atoms with Gasteiger partial charge in [-0.1, -0.05) is 188 Å². The third-order valence-corrected chi connectivity index (χ3v) is 13.4. The molecule has 0 aliphatic rings. The number of nitrogens with zero attached hydrogens (tertiary/aromatic N) is 4. The summed E-state index contributed by atoms with van der Waals surface area (Å²) in [4.78, 5) is 16.0. The highest BCUT2D eigenvalue weighted by Crippen LogP contribution is 2.44. The number of benzene rings is 9. The van der Waals surface area contributed by atoms with Gasteiger partial charge in [-0.05, 0) is 83.4 Å². The standard InChI is InChI=1S/C65H42N4/c1-5-18-45(19-6-1)56-29-16-31-58(66-56)49-40-48(41-50(42-49)59-32-17-30-57(67-59)46-20-7-2-8-21-46)43-34-36-44(37-35-43)52-27-15-28-54-62-55(64(68-65(52)54)47-22-9-3-10-23-47)38-39-61-63(62)53-26-13-14-33-60(53)69(61)51-24-11-4-12-25-51/h1-42H. The fourth-order valence-corrected chi connectivity index (χ4v) is 10.1. The van der Waals surface area contributed by atoms with E-state index in [9.17, 15) is 0 Å². The molecule has 13 rings (SSSR count). The fraction of sp³-hybridized carbons (Fsp3) is 0. The van der Waals surface area contributed by atoms with Crippen LogP contribution in [0.1, 0.15) is 0 Å². The van der Waals surface area contributed by atoms with Gasteiger partial charge in [0.15, 0.2) is 0 Å². The molecule has 13 aromatic rings. The van der Waals surface area contributed by atoms with Crippen LogP contribution in [-0.4, -0.2) is 19.5 Å². The molecule has 0 radical (unpaired) electrons. The fourth-order valence-electron chi connectivity index (χ4n) is 10.1. The first-order valence-electron chi connectivity index (χ1n) is 23.4. The molecule has 4 nitrogen and oxygen atoms in total. The number of aromatic nitrogens is 4. The van der Waals surface area contributed by atoms with Gasteiger partial charge in [-0.25, -0.2) is 15.0 Å². The first-order chi connectivity index (χ1) is 34.2. The summed E-state index contributed by atoms with van der Waals surface area (Å²) >= 11 is 0. The van der Waals surface area contributed by atoms with Crippen molar-refractivity contribution in [3.63, 3.8) is 0 Å². The van der Waals surface area contributed by atoms with E-state index in [4.69, 9.17) is 15.0 Å². The third kappa shape index (κ3) is 7.14. The Morgan fingerprint density at radius 1 is 0.261 bits per heavy atom. The summed E-state index contributed by atoms with van der Waals surface area (Å²) in [5.41, 5.74) is 18.8. The van der Waals surface area contributed by atoms with E-state index in [0.29, 0.717) is 0 Å². The molecule has 0 atom stereocenters. The molecule has 0 bridgehead atoms. The molecule has 69 heavy (non-hydrogen) atoms. The lowest BCUT2D eigenvalue weighted by Gasteiger charge is -2.15. The maximum atomic E-state index is 5.61. The highest BCUT2D eigenvalue weighted by atomic mass is 15.0. The Bertz CT molecular complexity index is 3930. The molecule has 0 saturated heterocycles. The Kier molecular flexibility index (Phi) is 9.80. The molecule has 0 N–H and O–H groups in total. The number of para-hydroxylation sites is 3. The van der Waals surface area contributed by atoms with Crippen LogP contribution in [0, 0.1) is 0 Å². The molecule has 0 aliphatic heterocycles. The lowest BCUT2D eigenvalue weighted by Crippen LogP contribution is -1.95. The minimum Gasteiger partial charge on any atom is -0.309 e. The zero-order chi connectivity index (χ0) is 45.7. The Hall–Kier alpha value is -9.25. The lowest BCUT2D eigenvalue weighted by molar-refractivity contribution is 1.18. The van der Waals surface area contributed by atoms with Gasteiger partial charge in [0.25, 0.3) is 0 Å². The maximum absolute atomic E-state index is 5.61. The van der Waals surface area contributed by atoms with Gasteiger partial charge in [0.05, 0.1) is 45.0 Å². The predicted molar refractivity (Wildman–Crippen MR) is 287 cm³/mol. The summed E-state index contributed by atoms with van der Waals surface area (Å²) in [6, 6.07) is 90.3. The average Bonchev–Trinajstić information content (AvgIpc) is 3.78. The number of rotatable bonds is 8. The van der Waals surface area contributed by atoms with E-state index in [1.807, 2.05) is 12.1 Å². The van der Waals surface area contributed by atoms with Crippen LogP contribution in [0.3, 0.4) is 0 Å². The van der Waals surface area contributed by atoms with Crippen molar-refractivity contribution >= 4 is 43.5 Å². The van der Waals surface area contributed by atoms with Gasteiger partial charge >= 0.3 is 0 Å². The molecular formula is C65H42N4. The molecule has 4 aromatic heterocycles. The quantitative estimate of drug-likeness (QED) is 0.143. The van der Waals surface area contributed by atoms with Crippen molar-refractivity contribution in [1.29, 1.82) is 0 Å². The molecule has 0 fully saturated rings. The molecule has 0 spiro atoms. The van der Waals surface area contributed by atoms with Gasteiger partial charge in [-0.2, -0.15) is 0 Å². The molecule has 4 heteroatoms. The monoisotopic (exact) mass is 878 g/mol. The Morgan fingerprint density at radius 3 is 1.38 bits per heavy atom. The Labute approximate surface area is 400 Å². The minimum absolute atomic E-state index is 0.902. The van der Waals surface area contributed by atoms with Gasteiger partial charge in [-0.3, -0.25) is 0 Å². The lowest BCUT2D eigenvalue weighted by atomic mass is 9.92. The van der Waals surface area contributed by atoms with E-state index in [0.717, 1.165) is 101 Å². The molecule has 0 saturated carbocycles. The van der Waals surface area contributed by atoms with E-state index in [-0.39, 0.29) is 0 Å². The van der Waals surface area contributed by atoms with Crippen molar-refractivity contribution < 1.29 is 0 Å². The Morgan fingerprint density at radius 2 is 0.754 bits per heavy atom. The van der Waals surface area contributed by atoms with Gasteiger partial charge < -0.3 is 4.57 Å². The first kappa shape index (κ1) is 40.1.